The van der Waals surface area contributed by atoms with E-state index in [4.69, 9.17) is 4.74 Å². The summed E-state index contributed by atoms with van der Waals surface area (Å²) in [7, 11) is 5.64. The van der Waals surface area contributed by atoms with E-state index in [-0.39, 0.29) is 42.7 Å². The van der Waals surface area contributed by atoms with E-state index in [1.54, 1.807) is 37.5 Å². The number of carbonyl (C=O) groups is 1. The largest absolute Gasteiger partial charge is 0.428 e. The van der Waals surface area contributed by atoms with E-state index >= 15 is 0 Å². The fourth-order valence-electron chi connectivity index (χ4n) is 3.15. The van der Waals surface area contributed by atoms with Crippen LogP contribution in [-0.2, 0) is 11.3 Å². The monoisotopic (exact) mass is 552 g/mol. The molecule has 0 saturated carbocycles. The van der Waals surface area contributed by atoms with E-state index in [9.17, 15) is 9.18 Å². The molecule has 1 aliphatic heterocycles. The molecule has 0 unspecified atom stereocenters. The summed E-state index contributed by atoms with van der Waals surface area (Å²) < 4.78 is 19.9. The van der Waals surface area contributed by atoms with E-state index in [0.717, 1.165) is 6.54 Å². The molecule has 1 amide bonds. The Balaban J connectivity index is 0.00000289. The normalized spacial score (nSPS) is 14.4. The predicted octanol–water partition coefficient (Wildman–Crippen LogP) is 2.05. The van der Waals surface area contributed by atoms with Crippen LogP contribution >= 0.6 is 37.2 Å². The molecule has 35 heavy (non-hydrogen) atoms. The standard InChI is InChI=1S/C20H23FN8O2.3ClH.H2O/c1-22-18-12-28(20(30)31-18)14-5-6-15(16(21)10-14)13-4-7-17(23-11-13)19-24-26-29(25-19)9-8-27(2)3;;;;/h4-7,10-11,18,22H,8-9,12H2,1-3H3;3*1H;1H2/t18-;;;;/m1..../s1. The van der Waals surface area contributed by atoms with Gasteiger partial charge in [0, 0.05) is 23.9 Å². The predicted molar refractivity (Wildman–Crippen MR) is 137 cm³/mol. The minimum Gasteiger partial charge on any atom is -0.428 e. The van der Waals surface area contributed by atoms with Crippen LogP contribution < -0.4 is 10.2 Å². The van der Waals surface area contributed by atoms with Crippen molar-refractivity contribution in [3.05, 3.63) is 42.3 Å². The number of anilines is 1. The number of benzene rings is 1. The van der Waals surface area contributed by atoms with Gasteiger partial charge in [-0.05, 0) is 50.6 Å². The first-order valence-corrected chi connectivity index (χ1v) is 9.79. The zero-order valence-corrected chi connectivity index (χ0v) is 21.7. The summed E-state index contributed by atoms with van der Waals surface area (Å²) in [6, 6.07) is 8.11. The minimum absolute atomic E-state index is 0. The molecule has 3 heterocycles. The summed E-state index contributed by atoms with van der Waals surface area (Å²) in [5.41, 5.74) is 1.97. The zero-order valence-electron chi connectivity index (χ0n) is 19.2. The lowest BCUT2D eigenvalue weighted by Crippen LogP contribution is -2.30. The van der Waals surface area contributed by atoms with Crippen LogP contribution in [0.3, 0.4) is 0 Å². The van der Waals surface area contributed by atoms with Gasteiger partial charge < -0.3 is 15.1 Å². The average molecular weight is 554 g/mol. The van der Waals surface area contributed by atoms with Crippen LogP contribution in [0.2, 0.25) is 0 Å². The number of hydrogen-bond acceptors (Lipinski definition) is 8. The number of cyclic esters (lactones) is 1. The molecule has 1 saturated heterocycles. The molecule has 1 aliphatic rings. The summed E-state index contributed by atoms with van der Waals surface area (Å²) >= 11 is 0. The molecule has 15 heteroatoms. The molecule has 194 valence electrons. The van der Waals surface area contributed by atoms with E-state index in [0.29, 0.717) is 41.4 Å². The Morgan fingerprint density at radius 1 is 1.20 bits per heavy atom. The van der Waals surface area contributed by atoms with Crippen molar-refractivity contribution >= 4 is 49.0 Å². The number of nitrogens with one attached hydrogen (secondary N) is 1. The van der Waals surface area contributed by atoms with Crippen molar-refractivity contribution in [1.29, 1.82) is 0 Å². The maximum Gasteiger partial charge on any atom is 0.416 e. The summed E-state index contributed by atoms with van der Waals surface area (Å²) in [4.78, 5) is 21.3. The van der Waals surface area contributed by atoms with Gasteiger partial charge in [0.2, 0.25) is 5.82 Å². The smallest absolute Gasteiger partial charge is 0.416 e. The molecule has 0 spiro atoms. The number of aromatic nitrogens is 5. The number of ether oxygens (including phenoxy) is 1. The highest BCUT2D eigenvalue weighted by Gasteiger charge is 2.31. The highest BCUT2D eigenvalue weighted by molar-refractivity contribution is 5.90. The van der Waals surface area contributed by atoms with E-state index < -0.39 is 18.1 Å². The Hall–Kier alpha value is -2.61. The number of amides is 1. The van der Waals surface area contributed by atoms with Gasteiger partial charge in [-0.1, -0.05) is 6.07 Å². The summed E-state index contributed by atoms with van der Waals surface area (Å²) in [5.74, 6) is -0.0479. The lowest BCUT2D eigenvalue weighted by molar-refractivity contribution is 0.128. The van der Waals surface area contributed by atoms with Crippen molar-refractivity contribution in [1.82, 2.24) is 35.4 Å². The number of nitrogens with zero attached hydrogens (tertiary/aromatic N) is 7. The van der Waals surface area contributed by atoms with Crippen molar-refractivity contribution in [2.45, 2.75) is 12.8 Å². The highest BCUT2D eigenvalue weighted by atomic mass is 35.5. The van der Waals surface area contributed by atoms with Crippen LogP contribution in [0.15, 0.2) is 36.5 Å². The van der Waals surface area contributed by atoms with Crippen molar-refractivity contribution < 1.29 is 19.4 Å². The Kier molecular flexibility index (Phi) is 13.0. The SMILES string of the molecule is CN[C@H]1CN(c2ccc(-c3ccc(-c4nnn(CCN(C)C)n4)nc3)c(F)c2)C(=O)O1.Cl.Cl.Cl.O. The number of halogens is 4. The molecule has 1 aromatic carbocycles. The Bertz CT molecular complexity index is 1090. The lowest BCUT2D eigenvalue weighted by Gasteiger charge is -2.14. The van der Waals surface area contributed by atoms with Gasteiger partial charge in [0.05, 0.1) is 18.8 Å². The topological polar surface area (TPSA) is 133 Å². The fourth-order valence-corrected chi connectivity index (χ4v) is 3.15. The van der Waals surface area contributed by atoms with Crippen LogP contribution in [0.25, 0.3) is 22.6 Å². The van der Waals surface area contributed by atoms with Gasteiger partial charge in [0.25, 0.3) is 0 Å². The van der Waals surface area contributed by atoms with Gasteiger partial charge >= 0.3 is 6.09 Å². The Morgan fingerprint density at radius 3 is 2.51 bits per heavy atom. The summed E-state index contributed by atoms with van der Waals surface area (Å²) in [5, 5.41) is 15.3. The number of carbonyl (C=O) groups excluding carboxylic acids is 1. The maximum atomic E-state index is 14.8. The second-order valence-corrected chi connectivity index (χ2v) is 7.38. The quantitative estimate of drug-likeness (QED) is 0.470. The minimum atomic E-state index is -0.511. The van der Waals surface area contributed by atoms with Gasteiger partial charge in [-0.25, -0.2) is 9.18 Å². The van der Waals surface area contributed by atoms with E-state index in [1.807, 2.05) is 19.0 Å². The van der Waals surface area contributed by atoms with Gasteiger partial charge in [-0.2, -0.15) is 4.80 Å². The van der Waals surface area contributed by atoms with E-state index in [1.165, 1.54) is 15.8 Å². The molecule has 1 fully saturated rings. The third-order valence-electron chi connectivity index (χ3n) is 4.90. The molecular weight excluding hydrogens is 526 g/mol. The fraction of sp³-hybridized carbons (Fsp3) is 0.350. The molecule has 3 aromatic rings. The molecule has 1 atom stereocenters. The third-order valence-corrected chi connectivity index (χ3v) is 4.90. The third kappa shape index (κ3) is 7.43. The van der Waals surface area contributed by atoms with Crippen LogP contribution in [0.4, 0.5) is 14.9 Å². The summed E-state index contributed by atoms with van der Waals surface area (Å²) in [6.07, 6.45) is 0.639. The molecule has 3 N–H and O–H groups in total. The molecule has 0 aliphatic carbocycles. The number of likely N-dealkylation sites (N-methyl/N-ethyl adjacent to an activating group) is 2. The number of pyridine rings is 1. The number of hydrogen-bond donors (Lipinski definition) is 1. The van der Waals surface area contributed by atoms with Gasteiger partial charge in [-0.3, -0.25) is 15.2 Å². The van der Waals surface area contributed by atoms with Gasteiger partial charge in [0.15, 0.2) is 6.23 Å². The molecular formula is C20H28Cl3FN8O3. The zero-order chi connectivity index (χ0) is 22.0. The lowest BCUT2D eigenvalue weighted by atomic mass is 10.1. The average Bonchev–Trinajstić information content (AvgIpc) is 3.39. The van der Waals surface area contributed by atoms with Crippen LogP contribution in [0.1, 0.15) is 0 Å². The van der Waals surface area contributed by atoms with Crippen molar-refractivity contribution in [3.8, 4) is 22.6 Å². The van der Waals surface area contributed by atoms with Crippen molar-refractivity contribution in [2.75, 3.05) is 39.1 Å². The van der Waals surface area contributed by atoms with Crippen LogP contribution in [-0.4, -0.2) is 82.1 Å². The number of tetrazole rings is 1. The van der Waals surface area contributed by atoms with E-state index in [2.05, 4.69) is 25.7 Å². The molecule has 4 rings (SSSR count). The van der Waals surface area contributed by atoms with Gasteiger partial charge in [-0.15, -0.1) is 47.4 Å². The van der Waals surface area contributed by atoms with Gasteiger partial charge in [0.1, 0.15) is 11.5 Å². The Labute approximate surface area is 220 Å². The van der Waals surface area contributed by atoms with Crippen LogP contribution in [0, 0.1) is 5.82 Å². The first-order valence-electron chi connectivity index (χ1n) is 9.79. The maximum absolute atomic E-state index is 14.8. The highest BCUT2D eigenvalue weighted by Crippen LogP contribution is 2.29. The molecule has 0 radical (unpaired) electrons. The summed E-state index contributed by atoms with van der Waals surface area (Å²) in [6.45, 7) is 1.73. The molecule has 11 nitrogen and oxygen atoms in total. The van der Waals surface area contributed by atoms with Crippen molar-refractivity contribution in [2.24, 2.45) is 0 Å². The Morgan fingerprint density at radius 2 is 1.94 bits per heavy atom. The molecule has 2 aromatic heterocycles. The van der Waals surface area contributed by atoms with Crippen molar-refractivity contribution in [3.63, 3.8) is 0 Å². The molecule has 0 bridgehead atoms. The first kappa shape index (κ1) is 32.4. The number of rotatable bonds is 7. The first-order chi connectivity index (χ1) is 14.9. The second-order valence-electron chi connectivity index (χ2n) is 7.38. The second kappa shape index (κ2) is 14.1. The van der Waals surface area contributed by atoms with Crippen LogP contribution in [0.5, 0.6) is 0 Å².